The van der Waals surface area contributed by atoms with Crippen LogP contribution in [-0.2, 0) is 21.4 Å². The second kappa shape index (κ2) is 8.92. The highest BCUT2D eigenvalue weighted by atomic mass is 32.2. The van der Waals surface area contributed by atoms with Crippen molar-refractivity contribution >= 4 is 32.6 Å². The van der Waals surface area contributed by atoms with Crippen LogP contribution in [0.5, 0.6) is 0 Å². The maximum atomic E-state index is 12.7. The van der Waals surface area contributed by atoms with E-state index in [1.54, 1.807) is 24.3 Å². The molecule has 1 atom stereocenters. The molecule has 1 fully saturated rings. The van der Waals surface area contributed by atoms with Gasteiger partial charge < -0.3 is 0 Å². The molecule has 1 aliphatic rings. The number of carbonyl (C=O) groups excluding carboxylic acids is 2. The van der Waals surface area contributed by atoms with E-state index in [2.05, 4.69) is 16.0 Å². The van der Waals surface area contributed by atoms with E-state index in [1.165, 1.54) is 8.99 Å². The number of fused-ring (bicyclic) bond motifs is 1. The van der Waals surface area contributed by atoms with Gasteiger partial charge in [-0.15, -0.1) is 0 Å². The highest BCUT2D eigenvalue weighted by molar-refractivity contribution is 7.88. The maximum Gasteiger partial charge on any atom is 0.290 e. The Morgan fingerprint density at radius 2 is 1.90 bits per heavy atom. The number of rotatable bonds is 5. The first kappa shape index (κ1) is 21.9. The molecule has 1 aliphatic heterocycles. The lowest BCUT2D eigenvalue weighted by atomic mass is 9.99. The van der Waals surface area contributed by atoms with Crippen molar-refractivity contribution in [3.63, 3.8) is 0 Å². The van der Waals surface area contributed by atoms with Gasteiger partial charge in [-0.05, 0) is 25.3 Å². The molecule has 1 aromatic heterocycles. The lowest BCUT2D eigenvalue weighted by molar-refractivity contribution is -0.126. The van der Waals surface area contributed by atoms with Crippen LogP contribution in [-0.4, -0.2) is 53.7 Å². The van der Waals surface area contributed by atoms with Crippen LogP contribution in [0.3, 0.4) is 0 Å². The Bertz CT molecular complexity index is 1130. The number of piperidine rings is 1. The Balaban J connectivity index is 1.76. The van der Waals surface area contributed by atoms with Crippen molar-refractivity contribution < 1.29 is 18.0 Å². The van der Waals surface area contributed by atoms with E-state index in [0.717, 1.165) is 6.26 Å². The van der Waals surface area contributed by atoms with Gasteiger partial charge in [0.25, 0.3) is 11.5 Å². The predicted molar refractivity (Wildman–Crippen MR) is 111 cm³/mol. The van der Waals surface area contributed by atoms with Crippen LogP contribution in [0.25, 0.3) is 10.8 Å². The Hall–Kier alpha value is -2.79. The van der Waals surface area contributed by atoms with E-state index >= 15 is 0 Å². The summed E-state index contributed by atoms with van der Waals surface area (Å²) in [5.74, 6) is -1.68. The van der Waals surface area contributed by atoms with Crippen LogP contribution < -0.4 is 16.4 Å². The maximum absolute atomic E-state index is 12.7. The second-order valence-electron chi connectivity index (χ2n) is 7.33. The fourth-order valence-corrected chi connectivity index (χ4v) is 4.41. The van der Waals surface area contributed by atoms with Crippen molar-refractivity contribution in [1.82, 2.24) is 24.9 Å². The summed E-state index contributed by atoms with van der Waals surface area (Å²) in [7, 11) is -3.38. The minimum absolute atomic E-state index is 0.0281. The van der Waals surface area contributed by atoms with Crippen LogP contribution in [0.15, 0.2) is 29.1 Å². The van der Waals surface area contributed by atoms with E-state index < -0.39 is 27.8 Å². The smallest absolute Gasteiger partial charge is 0.273 e. The molecule has 11 heteroatoms. The Morgan fingerprint density at radius 1 is 1.20 bits per heavy atom. The first-order chi connectivity index (χ1) is 14.2. The SMILES string of the molecule is CCCn1nc(C(=O)NNC(=O)C2CCCN(S(C)(=O)=O)C2)c2ccccc2c1=O. The van der Waals surface area contributed by atoms with Crippen molar-refractivity contribution in [2.45, 2.75) is 32.7 Å². The summed E-state index contributed by atoms with van der Waals surface area (Å²) in [4.78, 5) is 37.7. The van der Waals surface area contributed by atoms with E-state index in [1.807, 2.05) is 6.92 Å². The molecule has 2 heterocycles. The zero-order valence-electron chi connectivity index (χ0n) is 16.9. The number of nitrogens with one attached hydrogen (secondary N) is 2. The van der Waals surface area contributed by atoms with E-state index in [-0.39, 0.29) is 17.8 Å². The fourth-order valence-electron chi connectivity index (χ4n) is 3.50. The van der Waals surface area contributed by atoms with Gasteiger partial charge in [0.1, 0.15) is 0 Å². The highest BCUT2D eigenvalue weighted by Gasteiger charge is 2.30. The number of aromatic nitrogens is 2. The molecule has 1 saturated heterocycles. The van der Waals surface area contributed by atoms with E-state index in [4.69, 9.17) is 0 Å². The molecule has 1 unspecified atom stereocenters. The zero-order chi connectivity index (χ0) is 21.9. The number of amides is 2. The van der Waals surface area contributed by atoms with Crippen molar-refractivity contribution in [2.24, 2.45) is 5.92 Å². The van der Waals surface area contributed by atoms with Crippen LogP contribution in [0.4, 0.5) is 0 Å². The minimum atomic E-state index is -3.38. The number of sulfonamides is 1. The first-order valence-electron chi connectivity index (χ1n) is 9.77. The summed E-state index contributed by atoms with van der Waals surface area (Å²) in [6.45, 7) is 2.71. The number of hydrogen-bond donors (Lipinski definition) is 2. The third-order valence-corrected chi connectivity index (χ3v) is 6.31. The van der Waals surface area contributed by atoms with Gasteiger partial charge in [0.15, 0.2) is 5.69 Å². The van der Waals surface area contributed by atoms with Gasteiger partial charge in [0.2, 0.25) is 15.9 Å². The number of aryl methyl sites for hydroxylation is 1. The van der Waals surface area contributed by atoms with Crippen molar-refractivity contribution in [2.75, 3.05) is 19.3 Å². The molecule has 2 amide bonds. The van der Waals surface area contributed by atoms with Gasteiger partial charge in [0, 0.05) is 25.0 Å². The summed E-state index contributed by atoms with van der Waals surface area (Å²) >= 11 is 0. The standard InChI is InChI=1S/C19H25N5O5S/c1-3-10-24-19(27)15-9-5-4-8-14(15)16(22-24)18(26)21-20-17(25)13-7-6-11-23(12-13)30(2,28)29/h4-5,8-9,13H,3,6-7,10-12H2,1-2H3,(H,20,25)(H,21,26). The third-order valence-electron chi connectivity index (χ3n) is 5.04. The largest absolute Gasteiger partial charge is 0.290 e. The molecule has 0 saturated carbocycles. The Kier molecular flexibility index (Phi) is 6.52. The van der Waals surface area contributed by atoms with Crippen LogP contribution in [0, 0.1) is 5.92 Å². The summed E-state index contributed by atoms with van der Waals surface area (Å²) in [5, 5.41) is 4.94. The van der Waals surface area contributed by atoms with Gasteiger partial charge in [-0.1, -0.05) is 25.1 Å². The number of carbonyl (C=O) groups is 2. The summed E-state index contributed by atoms with van der Waals surface area (Å²) < 4.78 is 26.0. The topological polar surface area (TPSA) is 130 Å². The molecule has 2 N–H and O–H groups in total. The summed E-state index contributed by atoms with van der Waals surface area (Å²) in [5.41, 5.74) is 4.46. The molecule has 2 aromatic rings. The molecule has 0 spiro atoms. The average Bonchev–Trinajstić information content (AvgIpc) is 2.73. The van der Waals surface area contributed by atoms with Crippen LogP contribution in [0.2, 0.25) is 0 Å². The normalized spacial score (nSPS) is 17.6. The fraction of sp³-hybridized carbons (Fsp3) is 0.474. The second-order valence-corrected chi connectivity index (χ2v) is 9.31. The lowest BCUT2D eigenvalue weighted by Crippen LogP contribution is -2.50. The molecule has 10 nitrogen and oxygen atoms in total. The number of benzene rings is 1. The highest BCUT2D eigenvalue weighted by Crippen LogP contribution is 2.18. The monoisotopic (exact) mass is 435 g/mol. The predicted octanol–water partition coefficient (Wildman–Crippen LogP) is 0.239. The summed E-state index contributed by atoms with van der Waals surface area (Å²) in [6.07, 6.45) is 2.86. The van der Waals surface area contributed by atoms with Gasteiger partial charge in [-0.25, -0.2) is 17.4 Å². The van der Waals surface area contributed by atoms with Crippen LogP contribution in [0.1, 0.15) is 36.7 Å². The number of hydrazine groups is 1. The third kappa shape index (κ3) is 4.68. The molecule has 3 rings (SSSR count). The quantitative estimate of drug-likeness (QED) is 0.647. The van der Waals surface area contributed by atoms with E-state index in [0.29, 0.717) is 43.1 Å². The van der Waals surface area contributed by atoms with Crippen molar-refractivity contribution in [1.29, 1.82) is 0 Å². The van der Waals surface area contributed by atoms with Gasteiger partial charge in [-0.3, -0.25) is 25.2 Å². The summed E-state index contributed by atoms with van der Waals surface area (Å²) in [6, 6.07) is 6.66. The van der Waals surface area contributed by atoms with Crippen molar-refractivity contribution in [3.05, 3.63) is 40.3 Å². The number of hydrogen-bond acceptors (Lipinski definition) is 6. The molecular formula is C19H25N5O5S. The average molecular weight is 436 g/mol. The molecule has 30 heavy (non-hydrogen) atoms. The molecular weight excluding hydrogens is 410 g/mol. The van der Waals surface area contributed by atoms with E-state index in [9.17, 15) is 22.8 Å². The molecule has 162 valence electrons. The first-order valence-corrected chi connectivity index (χ1v) is 11.6. The van der Waals surface area contributed by atoms with Crippen LogP contribution >= 0.6 is 0 Å². The van der Waals surface area contributed by atoms with Crippen molar-refractivity contribution in [3.8, 4) is 0 Å². The van der Waals surface area contributed by atoms with Gasteiger partial charge in [-0.2, -0.15) is 5.10 Å². The Morgan fingerprint density at radius 3 is 2.57 bits per heavy atom. The molecule has 0 aliphatic carbocycles. The lowest BCUT2D eigenvalue weighted by Gasteiger charge is -2.30. The number of nitrogens with zero attached hydrogens (tertiary/aromatic N) is 3. The molecule has 1 aromatic carbocycles. The minimum Gasteiger partial charge on any atom is -0.273 e. The molecule has 0 radical (unpaired) electrons. The zero-order valence-corrected chi connectivity index (χ0v) is 17.7. The van der Waals surface area contributed by atoms with Gasteiger partial charge >= 0.3 is 0 Å². The van der Waals surface area contributed by atoms with Gasteiger partial charge in [0.05, 0.1) is 17.6 Å². The Labute approximate surface area is 174 Å². The molecule has 0 bridgehead atoms.